The number of pyridine rings is 1. The molecule has 0 spiro atoms. The summed E-state index contributed by atoms with van der Waals surface area (Å²) in [5.41, 5.74) is 6.64. The SMILES string of the molecule is N#Cc1ccnc(Oc2cc(N)ccc2Cl)c1. The molecule has 0 aliphatic carbocycles. The van der Waals surface area contributed by atoms with E-state index in [0.717, 1.165) is 0 Å². The third-order valence-electron chi connectivity index (χ3n) is 2.03. The van der Waals surface area contributed by atoms with E-state index in [1.165, 1.54) is 12.3 Å². The molecular weight excluding hydrogens is 238 g/mol. The molecule has 4 nitrogen and oxygen atoms in total. The molecule has 0 amide bonds. The van der Waals surface area contributed by atoms with Crippen LogP contribution in [0.2, 0.25) is 5.02 Å². The first-order valence-corrected chi connectivity index (χ1v) is 5.16. The van der Waals surface area contributed by atoms with Crippen molar-refractivity contribution < 1.29 is 4.74 Å². The lowest BCUT2D eigenvalue weighted by Crippen LogP contribution is -1.91. The van der Waals surface area contributed by atoms with Crippen LogP contribution >= 0.6 is 11.6 Å². The molecule has 0 aliphatic rings. The van der Waals surface area contributed by atoms with Gasteiger partial charge in [0.05, 0.1) is 16.7 Å². The summed E-state index contributed by atoms with van der Waals surface area (Å²) in [4.78, 5) is 3.98. The van der Waals surface area contributed by atoms with Crippen LogP contribution < -0.4 is 10.5 Å². The Kier molecular flexibility index (Phi) is 3.12. The molecule has 5 heteroatoms. The third kappa shape index (κ3) is 2.65. The highest BCUT2D eigenvalue weighted by Gasteiger charge is 2.05. The van der Waals surface area contributed by atoms with Crippen molar-refractivity contribution in [3.63, 3.8) is 0 Å². The normalized spacial score (nSPS) is 9.65. The van der Waals surface area contributed by atoms with E-state index < -0.39 is 0 Å². The number of nitriles is 1. The fraction of sp³-hybridized carbons (Fsp3) is 0. The highest BCUT2D eigenvalue weighted by molar-refractivity contribution is 6.32. The minimum Gasteiger partial charge on any atom is -0.437 e. The second-order valence-electron chi connectivity index (χ2n) is 3.29. The van der Waals surface area contributed by atoms with Crippen molar-refractivity contribution in [1.82, 2.24) is 4.98 Å². The summed E-state index contributed by atoms with van der Waals surface area (Å²) in [6.45, 7) is 0. The maximum Gasteiger partial charge on any atom is 0.220 e. The van der Waals surface area contributed by atoms with Crippen molar-refractivity contribution in [2.75, 3.05) is 5.73 Å². The molecule has 0 saturated heterocycles. The van der Waals surface area contributed by atoms with E-state index in [2.05, 4.69) is 4.98 Å². The monoisotopic (exact) mass is 245 g/mol. The van der Waals surface area contributed by atoms with Crippen molar-refractivity contribution >= 4 is 17.3 Å². The molecule has 0 radical (unpaired) electrons. The third-order valence-corrected chi connectivity index (χ3v) is 2.35. The van der Waals surface area contributed by atoms with Crippen LogP contribution in [0.5, 0.6) is 11.6 Å². The predicted molar refractivity (Wildman–Crippen MR) is 64.9 cm³/mol. The van der Waals surface area contributed by atoms with Gasteiger partial charge in [-0.2, -0.15) is 5.26 Å². The molecule has 0 bridgehead atoms. The van der Waals surface area contributed by atoms with Gasteiger partial charge in [0.2, 0.25) is 5.88 Å². The van der Waals surface area contributed by atoms with Crippen LogP contribution in [0.4, 0.5) is 5.69 Å². The Balaban J connectivity index is 2.31. The molecule has 0 atom stereocenters. The topological polar surface area (TPSA) is 71.9 Å². The Morgan fingerprint density at radius 1 is 1.29 bits per heavy atom. The number of anilines is 1. The van der Waals surface area contributed by atoms with E-state index in [1.807, 2.05) is 6.07 Å². The number of ether oxygens (including phenoxy) is 1. The molecular formula is C12H8ClN3O. The molecule has 1 aromatic carbocycles. The second-order valence-corrected chi connectivity index (χ2v) is 3.69. The van der Waals surface area contributed by atoms with Crippen LogP contribution in [0, 0.1) is 11.3 Å². The Morgan fingerprint density at radius 2 is 2.12 bits per heavy atom. The zero-order valence-corrected chi connectivity index (χ0v) is 9.48. The lowest BCUT2D eigenvalue weighted by molar-refractivity contribution is 0.463. The summed E-state index contributed by atoms with van der Waals surface area (Å²) in [5, 5.41) is 9.18. The summed E-state index contributed by atoms with van der Waals surface area (Å²) < 4.78 is 5.46. The standard InChI is InChI=1S/C12H8ClN3O/c13-10-2-1-9(15)6-11(10)17-12-5-8(7-14)3-4-16-12/h1-6H,15H2. The first-order chi connectivity index (χ1) is 8.19. The van der Waals surface area contributed by atoms with Gasteiger partial charge in [0, 0.05) is 24.0 Å². The summed E-state index contributed by atoms with van der Waals surface area (Å²) in [7, 11) is 0. The predicted octanol–water partition coefficient (Wildman–Crippen LogP) is 2.98. The number of hydrogen-bond donors (Lipinski definition) is 1. The number of nitrogens with zero attached hydrogens (tertiary/aromatic N) is 2. The maximum absolute atomic E-state index is 8.75. The van der Waals surface area contributed by atoms with Crippen molar-refractivity contribution in [3.8, 4) is 17.7 Å². The molecule has 17 heavy (non-hydrogen) atoms. The van der Waals surface area contributed by atoms with Crippen molar-refractivity contribution in [1.29, 1.82) is 5.26 Å². The second kappa shape index (κ2) is 4.73. The molecule has 84 valence electrons. The molecule has 0 saturated carbocycles. The number of rotatable bonds is 2. The van der Waals surface area contributed by atoms with E-state index in [1.54, 1.807) is 24.3 Å². The zero-order valence-electron chi connectivity index (χ0n) is 8.72. The van der Waals surface area contributed by atoms with Gasteiger partial charge < -0.3 is 10.5 Å². The van der Waals surface area contributed by atoms with Crippen LogP contribution in [0.25, 0.3) is 0 Å². The summed E-state index contributed by atoms with van der Waals surface area (Å²) >= 11 is 5.95. The van der Waals surface area contributed by atoms with Crippen LogP contribution in [0.3, 0.4) is 0 Å². The Bertz CT molecular complexity index is 593. The van der Waals surface area contributed by atoms with E-state index in [4.69, 9.17) is 27.3 Å². The van der Waals surface area contributed by atoms with E-state index in [9.17, 15) is 0 Å². The highest BCUT2D eigenvalue weighted by Crippen LogP contribution is 2.30. The van der Waals surface area contributed by atoms with E-state index in [-0.39, 0.29) is 0 Å². The summed E-state index contributed by atoms with van der Waals surface area (Å²) in [5.74, 6) is 0.714. The zero-order chi connectivity index (χ0) is 12.3. The number of benzene rings is 1. The van der Waals surface area contributed by atoms with Gasteiger partial charge in [-0.15, -0.1) is 0 Å². The molecule has 2 N–H and O–H groups in total. The molecule has 1 aromatic heterocycles. The molecule has 1 heterocycles. The maximum atomic E-state index is 8.75. The number of hydrogen-bond acceptors (Lipinski definition) is 4. The van der Waals surface area contributed by atoms with Gasteiger partial charge >= 0.3 is 0 Å². The highest BCUT2D eigenvalue weighted by atomic mass is 35.5. The van der Waals surface area contributed by atoms with Gasteiger partial charge in [0.25, 0.3) is 0 Å². The van der Waals surface area contributed by atoms with E-state index >= 15 is 0 Å². The largest absolute Gasteiger partial charge is 0.437 e. The van der Waals surface area contributed by atoms with Crippen LogP contribution in [0.15, 0.2) is 36.5 Å². The molecule has 2 aromatic rings. The van der Waals surface area contributed by atoms with Crippen molar-refractivity contribution in [3.05, 3.63) is 47.1 Å². The summed E-state index contributed by atoms with van der Waals surface area (Å²) in [6, 6.07) is 10.0. The van der Waals surface area contributed by atoms with Crippen molar-refractivity contribution in [2.24, 2.45) is 0 Å². The fourth-order valence-electron chi connectivity index (χ4n) is 1.25. The minimum absolute atomic E-state index is 0.302. The minimum atomic E-state index is 0.302. The smallest absolute Gasteiger partial charge is 0.220 e. The van der Waals surface area contributed by atoms with Crippen molar-refractivity contribution in [2.45, 2.75) is 0 Å². The van der Waals surface area contributed by atoms with Gasteiger partial charge in [-0.25, -0.2) is 4.98 Å². The Morgan fingerprint density at radius 3 is 2.88 bits per heavy atom. The Hall–Kier alpha value is -2.25. The number of nitrogen functional groups attached to an aromatic ring is 1. The molecule has 2 rings (SSSR count). The van der Waals surface area contributed by atoms with Crippen LogP contribution in [-0.2, 0) is 0 Å². The number of aromatic nitrogens is 1. The van der Waals surface area contributed by atoms with E-state index in [0.29, 0.717) is 27.9 Å². The fourth-order valence-corrected chi connectivity index (χ4v) is 1.40. The lowest BCUT2D eigenvalue weighted by atomic mass is 10.3. The lowest BCUT2D eigenvalue weighted by Gasteiger charge is -2.07. The van der Waals surface area contributed by atoms with Gasteiger partial charge in [0.1, 0.15) is 5.75 Å². The Labute approximate surface area is 103 Å². The molecule has 0 unspecified atom stereocenters. The number of halogens is 1. The number of nitrogens with two attached hydrogens (primary N) is 1. The van der Waals surface area contributed by atoms with Gasteiger partial charge in [0.15, 0.2) is 0 Å². The molecule has 0 fully saturated rings. The van der Waals surface area contributed by atoms with Crippen LogP contribution in [0.1, 0.15) is 5.56 Å². The quantitative estimate of drug-likeness (QED) is 0.826. The summed E-state index contributed by atoms with van der Waals surface area (Å²) in [6.07, 6.45) is 1.49. The van der Waals surface area contributed by atoms with Crippen LogP contribution in [-0.4, -0.2) is 4.98 Å². The van der Waals surface area contributed by atoms with Gasteiger partial charge in [-0.3, -0.25) is 0 Å². The average molecular weight is 246 g/mol. The average Bonchev–Trinajstić information content (AvgIpc) is 2.34. The first kappa shape index (κ1) is 11.2. The van der Waals surface area contributed by atoms with Gasteiger partial charge in [-0.1, -0.05) is 11.6 Å². The first-order valence-electron chi connectivity index (χ1n) is 4.78. The van der Waals surface area contributed by atoms with Gasteiger partial charge in [-0.05, 0) is 18.2 Å². The molecule has 0 aliphatic heterocycles.